The number of ether oxygens (including phenoxy) is 1. The lowest BCUT2D eigenvalue weighted by atomic mass is 10.2. The van der Waals surface area contributed by atoms with E-state index in [-0.39, 0.29) is 24.0 Å². The van der Waals surface area contributed by atoms with Gasteiger partial charge >= 0.3 is 0 Å². The molecule has 0 unspecified atom stereocenters. The molecule has 0 amide bonds. The van der Waals surface area contributed by atoms with Crippen molar-refractivity contribution in [2.75, 3.05) is 38.2 Å². The zero-order chi connectivity index (χ0) is 20.0. The van der Waals surface area contributed by atoms with Crippen molar-refractivity contribution >= 4 is 41.7 Å². The maximum Gasteiger partial charge on any atom is 0.191 e. The molecule has 0 aliphatic heterocycles. The van der Waals surface area contributed by atoms with Gasteiger partial charge in [-0.1, -0.05) is 24.6 Å². The van der Waals surface area contributed by atoms with Gasteiger partial charge in [-0.25, -0.2) is 0 Å². The Balaban J connectivity index is 0.00000420. The average Bonchev–Trinajstić information content (AvgIpc) is 3.17. The van der Waals surface area contributed by atoms with E-state index in [4.69, 9.17) is 4.74 Å². The number of nitrogens with one attached hydrogen (secondary N) is 2. The van der Waals surface area contributed by atoms with Crippen molar-refractivity contribution < 1.29 is 4.74 Å². The standard InChI is InChI=1S/C20H32N6OS.HI/c1-4-19-25-24-16-26(19)13-11-22-20(21-10-5-15-28-3)23-12-14-27-18-8-6-17(2)7-9-18;/h6-9,16H,4-5,10-15H2,1-3H3,(H2,21,22,23);1H. The van der Waals surface area contributed by atoms with Crippen LogP contribution in [0.1, 0.15) is 24.7 Å². The van der Waals surface area contributed by atoms with Crippen LogP contribution in [0.3, 0.4) is 0 Å². The number of benzene rings is 1. The van der Waals surface area contributed by atoms with Gasteiger partial charge in [0.15, 0.2) is 5.96 Å². The van der Waals surface area contributed by atoms with Gasteiger partial charge in [0, 0.05) is 26.1 Å². The Morgan fingerprint density at radius 1 is 1.21 bits per heavy atom. The van der Waals surface area contributed by atoms with E-state index in [0.29, 0.717) is 13.2 Å². The van der Waals surface area contributed by atoms with Crippen molar-refractivity contribution in [2.24, 2.45) is 4.99 Å². The minimum Gasteiger partial charge on any atom is -0.492 e. The zero-order valence-electron chi connectivity index (χ0n) is 17.6. The van der Waals surface area contributed by atoms with Gasteiger partial charge in [0.2, 0.25) is 0 Å². The third-order valence-electron chi connectivity index (χ3n) is 4.12. The monoisotopic (exact) mass is 532 g/mol. The average molecular weight is 532 g/mol. The normalized spacial score (nSPS) is 11.1. The van der Waals surface area contributed by atoms with E-state index < -0.39 is 0 Å². The van der Waals surface area contributed by atoms with Crippen LogP contribution >= 0.6 is 35.7 Å². The van der Waals surface area contributed by atoms with Gasteiger partial charge in [-0.2, -0.15) is 11.8 Å². The predicted molar refractivity (Wildman–Crippen MR) is 133 cm³/mol. The Hall–Kier alpha value is -1.49. The van der Waals surface area contributed by atoms with E-state index in [0.717, 1.165) is 55.8 Å². The molecule has 29 heavy (non-hydrogen) atoms. The first-order valence-corrected chi connectivity index (χ1v) is 11.2. The van der Waals surface area contributed by atoms with Crippen molar-refractivity contribution in [3.05, 3.63) is 42.0 Å². The quantitative estimate of drug-likeness (QED) is 0.189. The van der Waals surface area contributed by atoms with Crippen LogP contribution in [0.5, 0.6) is 5.75 Å². The summed E-state index contributed by atoms with van der Waals surface area (Å²) in [6.45, 7) is 7.80. The van der Waals surface area contributed by atoms with E-state index in [2.05, 4.69) is 62.6 Å². The number of aliphatic imine (C=N–C) groups is 1. The molecular weight excluding hydrogens is 499 g/mol. The highest BCUT2D eigenvalue weighted by Gasteiger charge is 2.03. The van der Waals surface area contributed by atoms with E-state index in [1.807, 2.05) is 23.9 Å². The van der Waals surface area contributed by atoms with Crippen LogP contribution in [0, 0.1) is 6.92 Å². The molecular formula is C20H33IN6OS. The fourth-order valence-electron chi connectivity index (χ4n) is 2.58. The highest BCUT2D eigenvalue weighted by molar-refractivity contribution is 14.0. The number of guanidine groups is 1. The number of aryl methyl sites for hydroxylation is 2. The Bertz CT molecular complexity index is 707. The van der Waals surface area contributed by atoms with Crippen LogP contribution in [0.15, 0.2) is 35.6 Å². The molecule has 1 heterocycles. The number of thioether (sulfide) groups is 1. The van der Waals surface area contributed by atoms with Gasteiger partial charge < -0.3 is 19.9 Å². The summed E-state index contributed by atoms with van der Waals surface area (Å²) >= 11 is 1.85. The fraction of sp³-hybridized carbons (Fsp3) is 0.550. The molecule has 0 aliphatic rings. The van der Waals surface area contributed by atoms with E-state index in [9.17, 15) is 0 Å². The zero-order valence-corrected chi connectivity index (χ0v) is 20.7. The van der Waals surface area contributed by atoms with E-state index in [1.54, 1.807) is 6.33 Å². The molecule has 2 rings (SSSR count). The van der Waals surface area contributed by atoms with E-state index >= 15 is 0 Å². The van der Waals surface area contributed by atoms with Crippen molar-refractivity contribution in [1.82, 2.24) is 25.4 Å². The molecule has 0 saturated heterocycles. The summed E-state index contributed by atoms with van der Waals surface area (Å²) in [7, 11) is 0. The van der Waals surface area contributed by atoms with Crippen LogP contribution in [-0.2, 0) is 13.0 Å². The van der Waals surface area contributed by atoms with E-state index in [1.165, 1.54) is 5.56 Å². The molecule has 0 radical (unpaired) electrons. The minimum absolute atomic E-state index is 0. The maximum absolute atomic E-state index is 5.78. The molecule has 7 nitrogen and oxygen atoms in total. The molecule has 0 spiro atoms. The highest BCUT2D eigenvalue weighted by Crippen LogP contribution is 2.10. The SMILES string of the molecule is CCc1nncn1CCNC(=NCCCSC)NCCOc1ccc(C)cc1.I. The van der Waals surface area contributed by atoms with Crippen molar-refractivity contribution in [1.29, 1.82) is 0 Å². The first-order chi connectivity index (χ1) is 13.7. The summed E-state index contributed by atoms with van der Waals surface area (Å²) in [4.78, 5) is 4.66. The summed E-state index contributed by atoms with van der Waals surface area (Å²) in [5.74, 6) is 3.83. The third kappa shape index (κ3) is 10.2. The van der Waals surface area contributed by atoms with Crippen LogP contribution < -0.4 is 15.4 Å². The van der Waals surface area contributed by atoms with Crippen LogP contribution in [0.2, 0.25) is 0 Å². The summed E-state index contributed by atoms with van der Waals surface area (Å²) in [5.41, 5.74) is 1.23. The number of aromatic nitrogens is 3. The first kappa shape index (κ1) is 25.5. The number of rotatable bonds is 12. The van der Waals surface area contributed by atoms with Crippen molar-refractivity contribution in [3.8, 4) is 5.75 Å². The molecule has 0 saturated carbocycles. The topological polar surface area (TPSA) is 76.4 Å². The lowest BCUT2D eigenvalue weighted by Gasteiger charge is -2.14. The molecule has 1 aromatic carbocycles. The molecule has 0 atom stereocenters. The predicted octanol–water partition coefficient (Wildman–Crippen LogP) is 3.13. The van der Waals surface area contributed by atoms with Gasteiger partial charge in [0.1, 0.15) is 24.5 Å². The van der Waals surface area contributed by atoms with Crippen LogP contribution in [-0.4, -0.2) is 59.0 Å². The van der Waals surface area contributed by atoms with Gasteiger partial charge in [-0.15, -0.1) is 34.2 Å². The van der Waals surface area contributed by atoms with Gasteiger partial charge in [0.05, 0.1) is 6.54 Å². The molecule has 9 heteroatoms. The number of hydrogen-bond donors (Lipinski definition) is 2. The number of hydrogen-bond acceptors (Lipinski definition) is 5. The molecule has 0 fully saturated rings. The number of nitrogens with zero attached hydrogens (tertiary/aromatic N) is 4. The smallest absolute Gasteiger partial charge is 0.191 e. The second-order valence-electron chi connectivity index (χ2n) is 6.39. The first-order valence-electron chi connectivity index (χ1n) is 9.80. The fourth-order valence-corrected chi connectivity index (χ4v) is 3.00. The van der Waals surface area contributed by atoms with Gasteiger partial charge in [-0.3, -0.25) is 4.99 Å². The number of halogens is 1. The molecule has 2 aromatic rings. The Morgan fingerprint density at radius 3 is 2.69 bits per heavy atom. The maximum atomic E-state index is 5.78. The lowest BCUT2D eigenvalue weighted by Crippen LogP contribution is -2.41. The third-order valence-corrected chi connectivity index (χ3v) is 4.81. The second-order valence-corrected chi connectivity index (χ2v) is 7.37. The summed E-state index contributed by atoms with van der Waals surface area (Å²) in [6, 6.07) is 8.10. The van der Waals surface area contributed by atoms with Gasteiger partial charge in [0.25, 0.3) is 0 Å². The van der Waals surface area contributed by atoms with Crippen LogP contribution in [0.25, 0.3) is 0 Å². The van der Waals surface area contributed by atoms with Crippen molar-refractivity contribution in [3.63, 3.8) is 0 Å². The molecule has 1 aromatic heterocycles. The molecule has 0 bridgehead atoms. The van der Waals surface area contributed by atoms with Crippen LogP contribution in [0.4, 0.5) is 0 Å². The van der Waals surface area contributed by atoms with Crippen molar-refractivity contribution in [2.45, 2.75) is 33.2 Å². The second kappa shape index (κ2) is 15.4. The largest absolute Gasteiger partial charge is 0.492 e. The Morgan fingerprint density at radius 2 is 1.97 bits per heavy atom. The molecule has 162 valence electrons. The Labute approximate surface area is 195 Å². The summed E-state index contributed by atoms with van der Waals surface area (Å²) in [6.07, 6.45) is 5.84. The summed E-state index contributed by atoms with van der Waals surface area (Å²) in [5, 5.41) is 14.8. The molecule has 0 aliphatic carbocycles. The summed E-state index contributed by atoms with van der Waals surface area (Å²) < 4.78 is 7.85. The van der Waals surface area contributed by atoms with Gasteiger partial charge in [-0.05, 0) is 37.5 Å². The minimum atomic E-state index is 0. The Kier molecular flexibility index (Phi) is 13.5. The highest BCUT2D eigenvalue weighted by atomic mass is 127. The molecule has 2 N–H and O–H groups in total. The lowest BCUT2D eigenvalue weighted by molar-refractivity contribution is 0.322.